The van der Waals surface area contributed by atoms with Gasteiger partial charge in [0.2, 0.25) is 0 Å². The molecule has 5 rings (SSSR count). The van der Waals surface area contributed by atoms with Gasteiger partial charge >= 0.3 is 4.87 Å². The van der Waals surface area contributed by atoms with Gasteiger partial charge in [-0.15, -0.1) is 0 Å². The van der Waals surface area contributed by atoms with Crippen molar-refractivity contribution in [2.24, 2.45) is 7.05 Å². The first-order valence-electron chi connectivity index (χ1n) is 9.69. The summed E-state index contributed by atoms with van der Waals surface area (Å²) >= 11 is 2.41. The van der Waals surface area contributed by atoms with Crippen LogP contribution in [0.1, 0.15) is 23.2 Å². The maximum absolute atomic E-state index is 13.5. The van der Waals surface area contributed by atoms with Crippen molar-refractivity contribution in [3.8, 4) is 11.4 Å². The van der Waals surface area contributed by atoms with Gasteiger partial charge in [0.1, 0.15) is 11.4 Å². The highest BCUT2D eigenvalue weighted by Crippen LogP contribution is 2.35. The Morgan fingerprint density at radius 3 is 2.90 bits per heavy atom. The second-order valence-corrected chi connectivity index (χ2v) is 8.87. The van der Waals surface area contributed by atoms with E-state index in [4.69, 9.17) is 0 Å². The third-order valence-electron chi connectivity index (χ3n) is 5.66. The standard InChI is InChI=1S/C20H20N6O2S2/c1-24-16(23-30-20(24)28)12-5-3-6-13(9-12)26-11-14-7-4-8-25(14)17-15(18(26)27)10-21-19(22-17)29-2/h3,5-6,9-10,14H,4,7-8,11H2,1-2H3/t14-/m0/s1. The molecule has 2 aliphatic heterocycles. The summed E-state index contributed by atoms with van der Waals surface area (Å²) in [6, 6.07) is 7.87. The first-order valence-corrected chi connectivity index (χ1v) is 11.7. The second kappa shape index (κ2) is 7.51. The van der Waals surface area contributed by atoms with E-state index < -0.39 is 0 Å². The molecule has 2 aromatic heterocycles. The highest BCUT2D eigenvalue weighted by molar-refractivity contribution is 7.98. The molecule has 0 spiro atoms. The fourth-order valence-corrected chi connectivity index (χ4v) is 5.08. The first-order chi connectivity index (χ1) is 14.6. The lowest BCUT2D eigenvalue weighted by atomic mass is 10.1. The molecule has 1 amide bonds. The largest absolute Gasteiger partial charge is 0.351 e. The monoisotopic (exact) mass is 440 g/mol. The van der Waals surface area contributed by atoms with E-state index in [9.17, 15) is 9.59 Å². The Labute approximate surface area is 181 Å². The molecule has 0 aliphatic carbocycles. The highest BCUT2D eigenvalue weighted by Gasteiger charge is 2.37. The molecule has 8 nitrogen and oxygen atoms in total. The number of anilines is 2. The van der Waals surface area contributed by atoms with E-state index in [-0.39, 0.29) is 16.8 Å². The molecule has 1 fully saturated rings. The normalized spacial score (nSPS) is 18.3. The SMILES string of the molecule is CSc1ncc2c(n1)N1CCC[C@H]1CN(c1cccc(-c3nsc(=O)n3C)c1)C2=O. The van der Waals surface area contributed by atoms with Crippen LogP contribution in [0.15, 0.2) is 40.4 Å². The van der Waals surface area contributed by atoms with E-state index >= 15 is 0 Å². The summed E-state index contributed by atoms with van der Waals surface area (Å²) in [5, 5.41) is 0.673. The summed E-state index contributed by atoms with van der Waals surface area (Å²) in [4.78, 5) is 38.4. The Bertz CT molecular complexity index is 1190. The van der Waals surface area contributed by atoms with E-state index in [0.29, 0.717) is 23.1 Å². The molecule has 2 aliphatic rings. The molecule has 4 heterocycles. The minimum atomic E-state index is -0.112. The Morgan fingerprint density at radius 1 is 1.27 bits per heavy atom. The van der Waals surface area contributed by atoms with Gasteiger partial charge in [0.05, 0.1) is 0 Å². The second-order valence-electron chi connectivity index (χ2n) is 7.38. The molecule has 0 unspecified atom stereocenters. The van der Waals surface area contributed by atoms with Gasteiger partial charge in [0.15, 0.2) is 11.0 Å². The van der Waals surface area contributed by atoms with Crippen molar-refractivity contribution in [1.29, 1.82) is 0 Å². The molecular weight excluding hydrogens is 420 g/mol. The van der Waals surface area contributed by atoms with E-state index in [0.717, 1.165) is 48.0 Å². The van der Waals surface area contributed by atoms with Gasteiger partial charge in [-0.3, -0.25) is 14.2 Å². The van der Waals surface area contributed by atoms with Crippen LogP contribution in [0.25, 0.3) is 11.4 Å². The average Bonchev–Trinajstić information content (AvgIpc) is 3.35. The summed E-state index contributed by atoms with van der Waals surface area (Å²) in [6.45, 7) is 1.48. The van der Waals surface area contributed by atoms with Crippen molar-refractivity contribution >= 4 is 40.7 Å². The van der Waals surface area contributed by atoms with Crippen LogP contribution in [0.2, 0.25) is 0 Å². The number of thioether (sulfide) groups is 1. The number of rotatable bonds is 3. The lowest BCUT2D eigenvalue weighted by molar-refractivity contribution is 0.0988. The van der Waals surface area contributed by atoms with Crippen LogP contribution in [0.5, 0.6) is 0 Å². The topological polar surface area (TPSA) is 84.2 Å². The minimum Gasteiger partial charge on any atom is -0.351 e. The van der Waals surface area contributed by atoms with Crippen LogP contribution < -0.4 is 14.7 Å². The summed E-state index contributed by atoms with van der Waals surface area (Å²) in [7, 11) is 1.71. The van der Waals surface area contributed by atoms with Gasteiger partial charge in [-0.1, -0.05) is 23.9 Å². The van der Waals surface area contributed by atoms with Crippen LogP contribution in [0, 0.1) is 0 Å². The van der Waals surface area contributed by atoms with Crippen LogP contribution >= 0.6 is 23.3 Å². The zero-order valence-corrected chi connectivity index (χ0v) is 18.2. The number of hydrogen-bond acceptors (Lipinski definition) is 8. The van der Waals surface area contributed by atoms with Gasteiger partial charge in [-0.05, 0) is 31.2 Å². The minimum absolute atomic E-state index is 0.101. The predicted molar refractivity (Wildman–Crippen MR) is 119 cm³/mol. The predicted octanol–water partition coefficient (Wildman–Crippen LogP) is 2.65. The molecule has 0 bridgehead atoms. The number of hydrogen-bond donors (Lipinski definition) is 0. The third kappa shape index (κ3) is 3.10. The molecular formula is C20H20N6O2S2. The molecule has 0 radical (unpaired) electrons. The molecule has 10 heteroatoms. The summed E-state index contributed by atoms with van der Waals surface area (Å²) < 4.78 is 5.80. The van der Waals surface area contributed by atoms with Crippen molar-refractivity contribution in [2.45, 2.75) is 24.0 Å². The zero-order chi connectivity index (χ0) is 20.8. The lowest BCUT2D eigenvalue weighted by Gasteiger charge is -2.27. The average molecular weight is 441 g/mol. The zero-order valence-electron chi connectivity index (χ0n) is 16.6. The van der Waals surface area contributed by atoms with E-state index in [1.54, 1.807) is 13.2 Å². The number of carbonyl (C=O) groups is 1. The van der Waals surface area contributed by atoms with Gasteiger partial charge in [-0.2, -0.15) is 4.37 Å². The van der Waals surface area contributed by atoms with E-state index in [2.05, 4.69) is 19.2 Å². The molecule has 1 saturated heterocycles. The Balaban J connectivity index is 1.59. The van der Waals surface area contributed by atoms with Crippen LogP contribution in [0.4, 0.5) is 11.5 Å². The fourth-order valence-electron chi connectivity index (χ4n) is 4.14. The molecule has 3 aromatic rings. The highest BCUT2D eigenvalue weighted by atomic mass is 32.2. The van der Waals surface area contributed by atoms with Crippen molar-refractivity contribution in [2.75, 3.05) is 29.1 Å². The van der Waals surface area contributed by atoms with Gasteiger partial charge < -0.3 is 9.80 Å². The number of benzene rings is 1. The Hall–Kier alpha value is -2.72. The summed E-state index contributed by atoms with van der Waals surface area (Å²) in [5.74, 6) is 1.24. The molecule has 30 heavy (non-hydrogen) atoms. The van der Waals surface area contributed by atoms with Gasteiger partial charge in [0.25, 0.3) is 5.91 Å². The number of carbonyl (C=O) groups excluding carboxylic acids is 1. The Kier molecular flexibility index (Phi) is 4.82. The van der Waals surface area contributed by atoms with Crippen molar-refractivity contribution in [3.63, 3.8) is 0 Å². The summed E-state index contributed by atoms with van der Waals surface area (Å²) in [5.41, 5.74) is 2.12. The van der Waals surface area contributed by atoms with Crippen molar-refractivity contribution in [1.82, 2.24) is 18.9 Å². The number of fused-ring (bicyclic) bond motifs is 3. The lowest BCUT2D eigenvalue weighted by Crippen LogP contribution is -2.39. The van der Waals surface area contributed by atoms with Crippen LogP contribution in [-0.2, 0) is 7.05 Å². The number of nitrogens with zero attached hydrogens (tertiary/aromatic N) is 6. The maximum atomic E-state index is 13.5. The van der Waals surface area contributed by atoms with E-state index in [1.165, 1.54) is 16.3 Å². The fraction of sp³-hybridized carbons (Fsp3) is 0.350. The molecule has 0 saturated carbocycles. The first kappa shape index (κ1) is 19.3. The molecule has 1 atom stereocenters. The Morgan fingerprint density at radius 2 is 2.13 bits per heavy atom. The van der Waals surface area contributed by atoms with Gasteiger partial charge in [0, 0.05) is 55.2 Å². The van der Waals surface area contributed by atoms with E-state index in [1.807, 2.05) is 35.4 Å². The smallest absolute Gasteiger partial charge is 0.326 e. The quantitative estimate of drug-likeness (QED) is 0.457. The van der Waals surface area contributed by atoms with Crippen LogP contribution in [-0.4, -0.2) is 50.2 Å². The molecule has 1 aromatic carbocycles. The maximum Gasteiger partial charge on any atom is 0.326 e. The number of amides is 1. The van der Waals surface area contributed by atoms with Crippen molar-refractivity contribution in [3.05, 3.63) is 45.7 Å². The van der Waals surface area contributed by atoms with Crippen LogP contribution in [0.3, 0.4) is 0 Å². The van der Waals surface area contributed by atoms with Crippen molar-refractivity contribution < 1.29 is 4.79 Å². The summed E-state index contributed by atoms with van der Waals surface area (Å²) in [6.07, 6.45) is 5.68. The number of aromatic nitrogens is 4. The molecule has 154 valence electrons. The third-order valence-corrected chi connectivity index (χ3v) is 6.92. The van der Waals surface area contributed by atoms with Gasteiger partial charge in [-0.25, -0.2) is 9.97 Å². The molecule has 0 N–H and O–H groups in total.